The minimum absolute atomic E-state index is 0.340. The minimum atomic E-state index is 0.340. The lowest BCUT2D eigenvalue weighted by molar-refractivity contribution is 0.337. The van der Waals surface area contributed by atoms with Crippen LogP contribution in [0.5, 0.6) is 5.75 Å². The van der Waals surface area contributed by atoms with E-state index in [0.717, 1.165) is 15.8 Å². The number of hydrogen-bond donors (Lipinski definition) is 1. The van der Waals surface area contributed by atoms with Crippen LogP contribution in [0.15, 0.2) is 22.7 Å². The van der Waals surface area contributed by atoms with Gasteiger partial charge in [-0.05, 0) is 25.1 Å². The largest absolute Gasteiger partial charge is 0.494 e. The predicted octanol–water partition coefficient (Wildman–Crippen LogP) is 2.57. The van der Waals surface area contributed by atoms with Gasteiger partial charge in [-0.1, -0.05) is 15.9 Å². The van der Waals surface area contributed by atoms with Gasteiger partial charge in [-0.25, -0.2) is 0 Å². The maximum Gasteiger partial charge on any atom is 0.123 e. The highest BCUT2D eigenvalue weighted by Crippen LogP contribution is 2.26. The van der Waals surface area contributed by atoms with Crippen LogP contribution in [0.3, 0.4) is 0 Å². The molecule has 0 bridgehead atoms. The van der Waals surface area contributed by atoms with Crippen molar-refractivity contribution in [1.82, 2.24) is 20.6 Å². The van der Waals surface area contributed by atoms with E-state index in [1.807, 2.05) is 25.1 Å². The van der Waals surface area contributed by atoms with Crippen molar-refractivity contribution in [3.8, 4) is 5.75 Å². The normalized spacial score (nSPS) is 10.2. The smallest absolute Gasteiger partial charge is 0.123 e. The van der Waals surface area contributed by atoms with Crippen molar-refractivity contribution in [1.29, 1.82) is 0 Å². The zero-order valence-corrected chi connectivity index (χ0v) is 10.8. The van der Waals surface area contributed by atoms with Crippen LogP contribution < -0.4 is 4.74 Å². The van der Waals surface area contributed by atoms with Crippen LogP contribution >= 0.6 is 15.9 Å². The SMILES string of the molecule is CCOc1ccc(Br)cc1C[N-]c1nn[nH]n1. The Labute approximate surface area is 107 Å². The summed E-state index contributed by atoms with van der Waals surface area (Å²) in [5.74, 6) is 1.16. The lowest BCUT2D eigenvalue weighted by Gasteiger charge is -2.12. The van der Waals surface area contributed by atoms with Crippen molar-refractivity contribution in [3.05, 3.63) is 33.6 Å². The predicted molar refractivity (Wildman–Crippen MR) is 66.2 cm³/mol. The summed E-state index contributed by atoms with van der Waals surface area (Å²) in [5.41, 5.74) is 0.978. The molecule has 0 saturated heterocycles. The monoisotopic (exact) mass is 296 g/mol. The summed E-state index contributed by atoms with van der Waals surface area (Å²) < 4.78 is 6.50. The van der Waals surface area contributed by atoms with Gasteiger partial charge in [0.1, 0.15) is 5.75 Å². The van der Waals surface area contributed by atoms with Gasteiger partial charge in [-0.15, -0.1) is 5.21 Å². The Hall–Kier alpha value is -1.63. The molecule has 2 aromatic rings. The number of rotatable bonds is 5. The molecule has 0 fully saturated rings. The van der Waals surface area contributed by atoms with E-state index in [4.69, 9.17) is 4.74 Å². The third-order valence-electron chi connectivity index (χ3n) is 2.05. The highest BCUT2D eigenvalue weighted by atomic mass is 79.9. The van der Waals surface area contributed by atoms with Gasteiger partial charge in [0, 0.05) is 16.6 Å². The fraction of sp³-hybridized carbons (Fsp3) is 0.300. The van der Waals surface area contributed by atoms with Gasteiger partial charge in [0.15, 0.2) is 0 Å². The van der Waals surface area contributed by atoms with Crippen LogP contribution in [0.4, 0.5) is 5.95 Å². The highest BCUT2D eigenvalue weighted by Gasteiger charge is 2.03. The van der Waals surface area contributed by atoms with Crippen LogP contribution in [-0.2, 0) is 6.54 Å². The molecule has 6 nitrogen and oxygen atoms in total. The third-order valence-corrected chi connectivity index (χ3v) is 2.54. The lowest BCUT2D eigenvalue weighted by atomic mass is 10.2. The van der Waals surface area contributed by atoms with Gasteiger partial charge in [-0.3, -0.25) is 15.4 Å². The Morgan fingerprint density at radius 2 is 2.35 bits per heavy atom. The Kier molecular flexibility index (Phi) is 3.92. The zero-order chi connectivity index (χ0) is 12.1. The number of benzene rings is 1. The molecule has 1 aromatic heterocycles. The van der Waals surface area contributed by atoms with E-state index >= 15 is 0 Å². The Morgan fingerprint density at radius 1 is 1.47 bits per heavy atom. The molecular weight excluding hydrogens is 286 g/mol. The van der Waals surface area contributed by atoms with Crippen molar-refractivity contribution >= 4 is 21.9 Å². The van der Waals surface area contributed by atoms with Gasteiger partial charge >= 0.3 is 0 Å². The maximum atomic E-state index is 5.52. The molecule has 7 heteroatoms. The van der Waals surface area contributed by atoms with Crippen molar-refractivity contribution in [2.45, 2.75) is 13.5 Å². The first-order chi connectivity index (χ1) is 8.29. The highest BCUT2D eigenvalue weighted by molar-refractivity contribution is 9.10. The number of ether oxygens (including phenoxy) is 1. The molecule has 90 valence electrons. The average molecular weight is 297 g/mol. The standard InChI is InChI=1S/C10H11BrN5O/c1-2-17-9-4-3-8(11)5-7(9)6-12-10-13-15-16-14-10/h3-5H,2,6H2,1H3,(H-,12,13,14,15,16)/q-1. The first-order valence-electron chi connectivity index (χ1n) is 5.11. The first-order valence-corrected chi connectivity index (χ1v) is 5.91. The van der Waals surface area contributed by atoms with Gasteiger partial charge in [0.05, 0.1) is 12.6 Å². The topological polar surface area (TPSA) is 77.8 Å². The summed E-state index contributed by atoms with van der Waals surface area (Å²) >= 11 is 3.42. The molecule has 0 aliphatic carbocycles. The lowest BCUT2D eigenvalue weighted by Crippen LogP contribution is -1.96. The second-order valence-corrected chi connectivity index (χ2v) is 4.13. The molecule has 0 saturated carbocycles. The van der Waals surface area contributed by atoms with Gasteiger partial charge in [-0.2, -0.15) is 0 Å². The number of tetrazole rings is 1. The van der Waals surface area contributed by atoms with Crippen LogP contribution in [0, 0.1) is 0 Å². The number of aromatic amines is 1. The van der Waals surface area contributed by atoms with Crippen LogP contribution in [0.25, 0.3) is 5.32 Å². The van der Waals surface area contributed by atoms with E-state index in [1.54, 1.807) is 0 Å². The summed E-state index contributed by atoms with van der Waals surface area (Å²) in [5, 5.41) is 17.5. The van der Waals surface area contributed by atoms with E-state index in [2.05, 4.69) is 41.9 Å². The van der Waals surface area contributed by atoms with Crippen molar-refractivity contribution in [2.75, 3.05) is 6.61 Å². The summed E-state index contributed by atoms with van der Waals surface area (Å²) in [7, 11) is 0. The molecule has 0 aliphatic rings. The van der Waals surface area contributed by atoms with Crippen molar-refractivity contribution in [3.63, 3.8) is 0 Å². The van der Waals surface area contributed by atoms with E-state index in [1.165, 1.54) is 0 Å². The quantitative estimate of drug-likeness (QED) is 0.920. The van der Waals surface area contributed by atoms with Crippen LogP contribution in [0.2, 0.25) is 0 Å². The number of hydrogen-bond acceptors (Lipinski definition) is 4. The Morgan fingerprint density at radius 3 is 3.06 bits per heavy atom. The molecule has 2 rings (SSSR count). The second-order valence-electron chi connectivity index (χ2n) is 3.21. The Bertz CT molecular complexity index is 474. The Balaban J connectivity index is 2.10. The molecule has 1 heterocycles. The van der Waals surface area contributed by atoms with Crippen molar-refractivity contribution < 1.29 is 4.74 Å². The molecule has 0 amide bonds. The number of halogens is 1. The van der Waals surface area contributed by atoms with Crippen molar-refractivity contribution in [2.24, 2.45) is 0 Å². The summed E-state index contributed by atoms with van der Waals surface area (Å²) in [6.07, 6.45) is 0. The van der Waals surface area contributed by atoms with E-state index in [0.29, 0.717) is 19.1 Å². The molecule has 0 atom stereocenters. The summed E-state index contributed by atoms with van der Waals surface area (Å²) in [6.45, 7) is 3.02. The number of H-pyrrole nitrogens is 1. The zero-order valence-electron chi connectivity index (χ0n) is 9.22. The van der Waals surface area contributed by atoms with E-state index < -0.39 is 0 Å². The molecule has 0 aliphatic heterocycles. The second kappa shape index (κ2) is 5.62. The molecular formula is C10H11BrN5O-. The molecule has 17 heavy (non-hydrogen) atoms. The van der Waals surface area contributed by atoms with Gasteiger partial charge < -0.3 is 10.1 Å². The average Bonchev–Trinajstić information content (AvgIpc) is 2.82. The fourth-order valence-electron chi connectivity index (χ4n) is 1.35. The molecule has 1 aromatic carbocycles. The summed E-state index contributed by atoms with van der Waals surface area (Å²) in [4.78, 5) is 0. The van der Waals surface area contributed by atoms with E-state index in [9.17, 15) is 0 Å². The number of nitrogens with one attached hydrogen (secondary N) is 1. The molecule has 1 N–H and O–H groups in total. The maximum absolute atomic E-state index is 5.52. The number of nitrogens with zero attached hydrogens (tertiary/aromatic N) is 4. The fourth-order valence-corrected chi connectivity index (χ4v) is 1.76. The first kappa shape index (κ1) is 11.8. The van der Waals surface area contributed by atoms with Crippen LogP contribution in [-0.4, -0.2) is 27.2 Å². The number of aromatic nitrogens is 4. The third kappa shape index (κ3) is 3.16. The molecule has 0 unspecified atom stereocenters. The van der Waals surface area contributed by atoms with Crippen LogP contribution in [0.1, 0.15) is 12.5 Å². The van der Waals surface area contributed by atoms with Gasteiger partial charge in [0.25, 0.3) is 0 Å². The van der Waals surface area contributed by atoms with Gasteiger partial charge in [0.2, 0.25) is 0 Å². The minimum Gasteiger partial charge on any atom is -0.494 e. The summed E-state index contributed by atoms with van der Waals surface area (Å²) in [6, 6.07) is 5.81. The molecule has 0 spiro atoms. The van der Waals surface area contributed by atoms with E-state index in [-0.39, 0.29) is 0 Å². The molecule has 0 radical (unpaired) electrons.